The van der Waals surface area contributed by atoms with Crippen molar-refractivity contribution in [3.05, 3.63) is 29.3 Å². The predicted molar refractivity (Wildman–Crippen MR) is 54.9 cm³/mol. The van der Waals surface area contributed by atoms with Crippen LogP contribution in [-0.2, 0) is 11.2 Å². The molecule has 1 aromatic rings. The van der Waals surface area contributed by atoms with E-state index in [0.717, 1.165) is 24.9 Å². The highest BCUT2D eigenvalue weighted by molar-refractivity contribution is 5.73. The molecular formula is C11H15NO. The standard InChI is InChI=1S/C11H15NO/c1-3-4-10-6-5-9(2)7-11(10)12-8-13/h5-8H,3-4H2,1-2H3,(H,12,13). The molecule has 0 aromatic heterocycles. The Kier molecular flexibility index (Phi) is 3.50. The normalized spacial score (nSPS) is 9.69. The van der Waals surface area contributed by atoms with Crippen molar-refractivity contribution >= 4 is 12.1 Å². The molecule has 0 heterocycles. The molecule has 0 aliphatic heterocycles. The van der Waals surface area contributed by atoms with Crippen molar-refractivity contribution < 1.29 is 4.79 Å². The smallest absolute Gasteiger partial charge is 0.211 e. The minimum absolute atomic E-state index is 0.730. The van der Waals surface area contributed by atoms with Crippen molar-refractivity contribution in [2.45, 2.75) is 26.7 Å². The van der Waals surface area contributed by atoms with Crippen molar-refractivity contribution in [1.29, 1.82) is 0 Å². The van der Waals surface area contributed by atoms with Gasteiger partial charge in [-0.1, -0.05) is 25.5 Å². The first-order valence-corrected chi connectivity index (χ1v) is 4.57. The van der Waals surface area contributed by atoms with Gasteiger partial charge in [0.25, 0.3) is 0 Å². The number of carbonyl (C=O) groups is 1. The van der Waals surface area contributed by atoms with E-state index >= 15 is 0 Å². The second-order valence-electron chi connectivity index (χ2n) is 3.17. The minimum Gasteiger partial charge on any atom is -0.328 e. The van der Waals surface area contributed by atoms with Crippen molar-refractivity contribution in [1.82, 2.24) is 0 Å². The zero-order valence-corrected chi connectivity index (χ0v) is 8.13. The monoisotopic (exact) mass is 177 g/mol. The Balaban J connectivity index is 2.95. The number of carbonyl (C=O) groups excluding carboxylic acids is 1. The van der Waals surface area contributed by atoms with Gasteiger partial charge in [0.2, 0.25) is 6.41 Å². The Labute approximate surface area is 79.0 Å². The molecule has 0 aliphatic rings. The van der Waals surface area contributed by atoms with Gasteiger partial charge in [-0.2, -0.15) is 0 Å². The summed E-state index contributed by atoms with van der Waals surface area (Å²) in [5.41, 5.74) is 3.32. The van der Waals surface area contributed by atoms with Crippen molar-refractivity contribution in [3.8, 4) is 0 Å². The van der Waals surface area contributed by atoms with Crippen LogP contribution in [0.4, 0.5) is 5.69 Å². The molecule has 2 heteroatoms. The Morgan fingerprint density at radius 3 is 2.85 bits per heavy atom. The summed E-state index contributed by atoms with van der Waals surface area (Å²) < 4.78 is 0. The quantitative estimate of drug-likeness (QED) is 0.703. The van der Waals surface area contributed by atoms with Gasteiger partial charge in [0.05, 0.1) is 0 Å². The lowest BCUT2D eigenvalue weighted by Gasteiger charge is -2.07. The average Bonchev–Trinajstić information content (AvgIpc) is 2.10. The van der Waals surface area contributed by atoms with Crippen LogP contribution in [0.3, 0.4) is 0 Å². The molecule has 2 nitrogen and oxygen atoms in total. The molecule has 0 saturated carbocycles. The average molecular weight is 177 g/mol. The van der Waals surface area contributed by atoms with Gasteiger partial charge in [0.1, 0.15) is 0 Å². The van der Waals surface area contributed by atoms with E-state index in [1.54, 1.807) is 0 Å². The number of rotatable bonds is 4. The van der Waals surface area contributed by atoms with Crippen molar-refractivity contribution in [2.24, 2.45) is 0 Å². The number of hydrogen-bond acceptors (Lipinski definition) is 1. The second kappa shape index (κ2) is 4.65. The Morgan fingerprint density at radius 1 is 1.46 bits per heavy atom. The summed E-state index contributed by atoms with van der Waals surface area (Å²) in [6, 6.07) is 6.14. The van der Waals surface area contributed by atoms with Gasteiger partial charge in [0.15, 0.2) is 0 Å². The van der Waals surface area contributed by atoms with Gasteiger partial charge in [-0.15, -0.1) is 0 Å². The number of aryl methyl sites for hydroxylation is 2. The summed E-state index contributed by atoms with van der Waals surface area (Å²) in [5.74, 6) is 0. The van der Waals surface area contributed by atoms with Crippen LogP contribution in [0.5, 0.6) is 0 Å². The first-order chi connectivity index (χ1) is 6.27. The fourth-order valence-corrected chi connectivity index (χ4v) is 1.38. The number of anilines is 1. The van der Waals surface area contributed by atoms with E-state index in [1.807, 2.05) is 13.0 Å². The van der Waals surface area contributed by atoms with Gasteiger partial charge in [0, 0.05) is 5.69 Å². The largest absolute Gasteiger partial charge is 0.328 e. The highest BCUT2D eigenvalue weighted by atomic mass is 16.1. The van der Waals surface area contributed by atoms with Crippen LogP contribution in [0, 0.1) is 6.92 Å². The van der Waals surface area contributed by atoms with Crippen LogP contribution in [-0.4, -0.2) is 6.41 Å². The maximum Gasteiger partial charge on any atom is 0.211 e. The SMILES string of the molecule is CCCc1ccc(C)cc1NC=O. The zero-order chi connectivity index (χ0) is 9.68. The first kappa shape index (κ1) is 9.78. The summed E-state index contributed by atoms with van der Waals surface area (Å²) in [6.07, 6.45) is 2.83. The predicted octanol–water partition coefficient (Wildman–Crippen LogP) is 2.52. The van der Waals surface area contributed by atoms with Crippen LogP contribution in [0.25, 0.3) is 0 Å². The third-order valence-corrected chi connectivity index (χ3v) is 2.00. The molecule has 0 bridgehead atoms. The van der Waals surface area contributed by atoms with Crippen LogP contribution >= 0.6 is 0 Å². The Bertz CT molecular complexity index is 294. The molecule has 13 heavy (non-hydrogen) atoms. The van der Waals surface area contributed by atoms with Crippen LogP contribution in [0.1, 0.15) is 24.5 Å². The molecule has 0 atom stereocenters. The van der Waals surface area contributed by atoms with Crippen LogP contribution in [0.2, 0.25) is 0 Å². The second-order valence-corrected chi connectivity index (χ2v) is 3.17. The summed E-state index contributed by atoms with van der Waals surface area (Å²) >= 11 is 0. The third kappa shape index (κ3) is 2.58. The minimum atomic E-state index is 0.730. The molecule has 1 amide bonds. The van der Waals surface area contributed by atoms with Crippen molar-refractivity contribution in [3.63, 3.8) is 0 Å². The lowest BCUT2D eigenvalue weighted by Crippen LogP contribution is -1.99. The van der Waals surface area contributed by atoms with Crippen LogP contribution < -0.4 is 5.32 Å². The number of nitrogens with one attached hydrogen (secondary N) is 1. The number of benzene rings is 1. The summed E-state index contributed by atoms with van der Waals surface area (Å²) in [4.78, 5) is 10.3. The molecule has 1 N–H and O–H groups in total. The molecule has 0 spiro atoms. The fourth-order valence-electron chi connectivity index (χ4n) is 1.38. The number of hydrogen-bond donors (Lipinski definition) is 1. The molecule has 0 aliphatic carbocycles. The van der Waals surface area contributed by atoms with E-state index < -0.39 is 0 Å². The third-order valence-electron chi connectivity index (χ3n) is 2.00. The Hall–Kier alpha value is -1.31. The van der Waals surface area contributed by atoms with E-state index in [0.29, 0.717) is 0 Å². The Morgan fingerprint density at radius 2 is 2.23 bits per heavy atom. The van der Waals surface area contributed by atoms with E-state index in [9.17, 15) is 4.79 Å². The molecule has 0 radical (unpaired) electrons. The van der Waals surface area contributed by atoms with Crippen molar-refractivity contribution in [2.75, 3.05) is 5.32 Å². The van der Waals surface area contributed by atoms with Gasteiger partial charge < -0.3 is 5.32 Å². The summed E-state index contributed by atoms with van der Waals surface area (Å²) in [7, 11) is 0. The summed E-state index contributed by atoms with van der Waals surface area (Å²) in [6.45, 7) is 4.15. The molecule has 1 aromatic carbocycles. The van der Waals surface area contributed by atoms with Gasteiger partial charge in [-0.05, 0) is 30.5 Å². The zero-order valence-electron chi connectivity index (χ0n) is 8.13. The lowest BCUT2D eigenvalue weighted by molar-refractivity contribution is -0.105. The van der Waals surface area contributed by atoms with Gasteiger partial charge in [-0.25, -0.2) is 0 Å². The van der Waals surface area contributed by atoms with Gasteiger partial charge in [-0.3, -0.25) is 4.79 Å². The highest BCUT2D eigenvalue weighted by Crippen LogP contribution is 2.18. The van der Waals surface area contributed by atoms with E-state index in [1.165, 1.54) is 11.1 Å². The molecule has 70 valence electrons. The van der Waals surface area contributed by atoms with E-state index in [2.05, 4.69) is 24.4 Å². The van der Waals surface area contributed by atoms with E-state index in [-0.39, 0.29) is 0 Å². The molecule has 1 rings (SSSR count). The number of amides is 1. The van der Waals surface area contributed by atoms with Crippen LogP contribution in [0.15, 0.2) is 18.2 Å². The summed E-state index contributed by atoms with van der Waals surface area (Å²) in [5, 5.41) is 2.72. The highest BCUT2D eigenvalue weighted by Gasteiger charge is 2.00. The maximum absolute atomic E-state index is 10.3. The lowest BCUT2D eigenvalue weighted by atomic mass is 10.1. The molecule has 0 saturated heterocycles. The van der Waals surface area contributed by atoms with E-state index in [4.69, 9.17) is 0 Å². The molecule has 0 unspecified atom stereocenters. The molecule has 0 fully saturated rings. The van der Waals surface area contributed by atoms with Gasteiger partial charge >= 0.3 is 0 Å². The first-order valence-electron chi connectivity index (χ1n) is 4.57. The molecular weight excluding hydrogens is 162 g/mol. The maximum atomic E-state index is 10.3. The topological polar surface area (TPSA) is 29.1 Å². The fraction of sp³-hybridized carbons (Fsp3) is 0.364.